The smallest absolute Gasteiger partial charge is 0.254 e. The molecule has 1 aromatic heterocycles. The number of carbonyl (C=O) groups is 1. The Balaban J connectivity index is 0.000000287. The van der Waals surface area contributed by atoms with Gasteiger partial charge in [0.2, 0.25) is 0 Å². The predicted molar refractivity (Wildman–Crippen MR) is 122 cm³/mol. The number of likely N-dealkylation sites (tertiary alicyclic amines) is 1. The van der Waals surface area contributed by atoms with E-state index >= 15 is 0 Å². The Kier molecular flexibility index (Phi) is 7.52. The molecule has 0 radical (unpaired) electrons. The first kappa shape index (κ1) is 22.2. The molecule has 1 aliphatic rings. The van der Waals surface area contributed by atoms with E-state index in [2.05, 4.69) is 16.4 Å². The number of nitrogens with one attached hydrogen (secondary N) is 1. The third kappa shape index (κ3) is 5.77. The van der Waals surface area contributed by atoms with Crippen LogP contribution in [-0.2, 0) is 6.42 Å². The van der Waals surface area contributed by atoms with Crippen LogP contribution in [0.3, 0.4) is 0 Å². The van der Waals surface area contributed by atoms with Crippen LogP contribution in [0.25, 0.3) is 11.3 Å². The highest BCUT2D eigenvalue weighted by Crippen LogP contribution is 2.26. The highest BCUT2D eigenvalue weighted by molar-refractivity contribution is 6.31. The number of nitrogens with zero attached hydrogens (tertiary/aromatic N) is 3. The summed E-state index contributed by atoms with van der Waals surface area (Å²) >= 11 is 6.18. The van der Waals surface area contributed by atoms with Gasteiger partial charge in [0, 0.05) is 23.7 Å². The molecule has 160 valence electrons. The van der Waals surface area contributed by atoms with Crippen molar-refractivity contribution in [3.8, 4) is 17.5 Å². The van der Waals surface area contributed by atoms with Crippen molar-refractivity contribution in [2.45, 2.75) is 25.7 Å². The highest BCUT2D eigenvalue weighted by atomic mass is 35.5. The largest absolute Gasteiger partial charge is 0.382 e. The Hall–Kier alpha value is -3.50. The summed E-state index contributed by atoms with van der Waals surface area (Å²) < 4.78 is 0. The molecule has 0 saturated carbocycles. The SMILES string of the molecule is N#CN1CCCCC1.NC(=O)c1c(N)n[nH]c1-c1ccc(Cc2ccccc2Cl)cc1. The number of carbonyl (C=O) groups excluding carboxylic acids is 1. The third-order valence-corrected chi connectivity index (χ3v) is 5.50. The number of hydrogen-bond donors (Lipinski definition) is 3. The molecule has 5 N–H and O–H groups in total. The van der Waals surface area contributed by atoms with Gasteiger partial charge in [-0.1, -0.05) is 54.1 Å². The summed E-state index contributed by atoms with van der Waals surface area (Å²) in [6.45, 7) is 1.97. The van der Waals surface area contributed by atoms with E-state index in [1.54, 1.807) is 0 Å². The lowest BCUT2D eigenvalue weighted by Gasteiger charge is -2.19. The van der Waals surface area contributed by atoms with E-state index in [9.17, 15) is 4.79 Å². The van der Waals surface area contributed by atoms with Crippen LogP contribution in [0.4, 0.5) is 5.82 Å². The third-order valence-electron chi connectivity index (χ3n) is 5.13. The summed E-state index contributed by atoms with van der Waals surface area (Å²) in [4.78, 5) is 13.3. The number of amides is 1. The average Bonchev–Trinajstić information content (AvgIpc) is 3.18. The molecule has 0 unspecified atom stereocenters. The number of piperidine rings is 1. The molecule has 2 aromatic carbocycles. The van der Waals surface area contributed by atoms with Gasteiger partial charge >= 0.3 is 0 Å². The fourth-order valence-electron chi connectivity index (χ4n) is 3.46. The Morgan fingerprint density at radius 1 is 1.13 bits per heavy atom. The topological polar surface area (TPSA) is 125 Å². The lowest BCUT2D eigenvalue weighted by molar-refractivity contribution is 0.100. The van der Waals surface area contributed by atoms with Gasteiger partial charge in [-0.25, -0.2) is 0 Å². The monoisotopic (exact) mass is 436 g/mol. The van der Waals surface area contributed by atoms with E-state index in [-0.39, 0.29) is 11.4 Å². The first-order valence-corrected chi connectivity index (χ1v) is 10.5. The lowest BCUT2D eigenvalue weighted by atomic mass is 10.0. The number of H-pyrrole nitrogens is 1. The van der Waals surface area contributed by atoms with Gasteiger partial charge in [0.1, 0.15) is 5.56 Å². The Morgan fingerprint density at radius 2 is 1.81 bits per heavy atom. The van der Waals surface area contributed by atoms with E-state index in [1.165, 1.54) is 19.3 Å². The number of rotatable bonds is 4. The summed E-state index contributed by atoms with van der Waals surface area (Å²) in [6.07, 6.45) is 6.57. The first-order chi connectivity index (χ1) is 15.0. The lowest BCUT2D eigenvalue weighted by Crippen LogP contribution is -2.24. The summed E-state index contributed by atoms with van der Waals surface area (Å²) in [6, 6.07) is 15.5. The van der Waals surface area contributed by atoms with E-state index in [0.717, 1.165) is 41.2 Å². The number of halogens is 1. The van der Waals surface area contributed by atoms with Crippen molar-refractivity contribution in [1.29, 1.82) is 5.26 Å². The minimum atomic E-state index is -0.605. The second-order valence-corrected chi connectivity index (χ2v) is 7.74. The zero-order valence-corrected chi connectivity index (χ0v) is 17.9. The molecule has 1 aliphatic heterocycles. The van der Waals surface area contributed by atoms with Crippen molar-refractivity contribution in [1.82, 2.24) is 15.1 Å². The number of anilines is 1. The minimum Gasteiger partial charge on any atom is -0.382 e. The van der Waals surface area contributed by atoms with E-state index in [1.807, 2.05) is 53.4 Å². The predicted octanol–water partition coefficient (Wildman–Crippen LogP) is 3.96. The number of hydrogen-bond acceptors (Lipinski definition) is 5. The number of aromatic amines is 1. The van der Waals surface area contributed by atoms with Crippen molar-refractivity contribution >= 4 is 23.3 Å². The van der Waals surface area contributed by atoms with Crippen LogP contribution in [0.1, 0.15) is 40.7 Å². The van der Waals surface area contributed by atoms with E-state index < -0.39 is 5.91 Å². The minimum absolute atomic E-state index is 0.104. The zero-order valence-electron chi connectivity index (χ0n) is 17.1. The summed E-state index contributed by atoms with van der Waals surface area (Å²) in [5.74, 6) is -0.501. The Bertz CT molecular complexity index is 1060. The summed E-state index contributed by atoms with van der Waals surface area (Å²) in [7, 11) is 0. The van der Waals surface area contributed by atoms with Crippen LogP contribution in [0, 0.1) is 11.5 Å². The van der Waals surface area contributed by atoms with Crippen molar-refractivity contribution in [2.24, 2.45) is 5.73 Å². The molecule has 1 saturated heterocycles. The maximum Gasteiger partial charge on any atom is 0.254 e. The van der Waals surface area contributed by atoms with Crippen molar-refractivity contribution in [3.63, 3.8) is 0 Å². The second kappa shape index (κ2) is 10.5. The molecule has 1 fully saturated rings. The van der Waals surface area contributed by atoms with E-state index in [4.69, 9.17) is 28.3 Å². The van der Waals surface area contributed by atoms with Gasteiger partial charge in [0.05, 0.1) is 5.69 Å². The molecular formula is C23H25ClN6O. The Morgan fingerprint density at radius 3 is 2.39 bits per heavy atom. The fourth-order valence-corrected chi connectivity index (χ4v) is 3.66. The van der Waals surface area contributed by atoms with Gasteiger partial charge in [-0.15, -0.1) is 0 Å². The maximum atomic E-state index is 11.5. The van der Waals surface area contributed by atoms with Crippen LogP contribution in [-0.4, -0.2) is 34.1 Å². The van der Waals surface area contributed by atoms with Gasteiger partial charge in [-0.05, 0) is 42.9 Å². The molecule has 0 spiro atoms. The van der Waals surface area contributed by atoms with Gasteiger partial charge in [0.25, 0.3) is 5.91 Å². The van der Waals surface area contributed by atoms with Crippen molar-refractivity contribution < 1.29 is 4.79 Å². The van der Waals surface area contributed by atoms with Crippen LogP contribution >= 0.6 is 11.6 Å². The normalized spacial score (nSPS) is 13.1. The second-order valence-electron chi connectivity index (χ2n) is 7.34. The molecule has 4 rings (SSSR count). The number of primary amides is 1. The molecule has 8 heteroatoms. The number of benzene rings is 2. The zero-order chi connectivity index (χ0) is 22.2. The Labute approximate surface area is 186 Å². The summed E-state index contributed by atoms with van der Waals surface area (Å²) in [5, 5.41) is 15.7. The first-order valence-electron chi connectivity index (χ1n) is 10.1. The number of nitriles is 1. The number of nitrogen functional groups attached to an aromatic ring is 1. The van der Waals surface area contributed by atoms with E-state index in [0.29, 0.717) is 5.69 Å². The van der Waals surface area contributed by atoms with Crippen LogP contribution in [0.5, 0.6) is 0 Å². The van der Waals surface area contributed by atoms with Crippen LogP contribution in [0.2, 0.25) is 5.02 Å². The quantitative estimate of drug-likeness (QED) is 0.534. The van der Waals surface area contributed by atoms with Crippen LogP contribution in [0.15, 0.2) is 48.5 Å². The number of nitrogens with two attached hydrogens (primary N) is 2. The molecule has 7 nitrogen and oxygen atoms in total. The molecule has 2 heterocycles. The molecule has 0 aliphatic carbocycles. The van der Waals surface area contributed by atoms with Gasteiger partial charge in [0.15, 0.2) is 12.0 Å². The summed E-state index contributed by atoms with van der Waals surface area (Å²) in [5.41, 5.74) is 14.7. The molecule has 0 bridgehead atoms. The molecule has 3 aromatic rings. The van der Waals surface area contributed by atoms with Gasteiger partial charge in [-0.2, -0.15) is 10.4 Å². The molecule has 1 amide bonds. The van der Waals surface area contributed by atoms with Gasteiger partial charge < -0.3 is 16.4 Å². The number of aromatic nitrogens is 2. The maximum absolute atomic E-state index is 11.5. The van der Waals surface area contributed by atoms with Crippen LogP contribution < -0.4 is 11.5 Å². The molecular weight excluding hydrogens is 412 g/mol. The van der Waals surface area contributed by atoms with Crippen molar-refractivity contribution in [2.75, 3.05) is 18.8 Å². The standard InChI is InChI=1S/C17H15ClN4O.C6H10N2/c18-13-4-2-1-3-12(13)9-10-5-7-11(8-6-10)15-14(17(20)23)16(19)22-21-15;7-6-8-4-2-1-3-5-8/h1-8H,9H2,(H2,20,23)(H3,19,21,22);1-5H2. The highest BCUT2D eigenvalue weighted by Gasteiger charge is 2.17. The molecule has 31 heavy (non-hydrogen) atoms. The van der Waals surface area contributed by atoms with Gasteiger partial charge in [-0.3, -0.25) is 9.89 Å². The average molecular weight is 437 g/mol. The fraction of sp³-hybridized carbons (Fsp3) is 0.261. The molecule has 0 atom stereocenters. The van der Waals surface area contributed by atoms with Crippen molar-refractivity contribution in [3.05, 3.63) is 70.2 Å².